The molecule has 186 valence electrons. The first-order chi connectivity index (χ1) is 17.3. The zero-order chi connectivity index (χ0) is 25.1. The quantitative estimate of drug-likeness (QED) is 0.392. The molecule has 2 aromatic heterocycles. The number of nitrogens with one attached hydrogen (secondary N) is 2. The smallest absolute Gasteiger partial charge is 0.369 e. The number of piperazine rings is 1. The van der Waals surface area contributed by atoms with Gasteiger partial charge in [-0.25, -0.2) is 4.98 Å². The topological polar surface area (TPSA) is 82.1 Å². The van der Waals surface area contributed by atoms with Crippen molar-refractivity contribution < 1.29 is 13.2 Å². The SMILES string of the molecule is Cc1cccc2c(Nc3ccnc(Nc4ccc(N5CCN(CC(F)(F)F)CC5)cc4)n3)cnnc12. The standard InChI is InChI=1S/C25H25F3N8/c1-17-3-2-4-20-21(15-30-34-23(17)20)32-22-9-10-29-24(33-22)31-18-5-7-19(8-6-18)36-13-11-35(12-14-36)16-25(26,27)28/h2-10,15H,11-14,16H2,1H3,(H2,29,31,32,33,34). The van der Waals surface area contributed by atoms with Crippen LogP contribution in [0.5, 0.6) is 0 Å². The van der Waals surface area contributed by atoms with Crippen molar-refractivity contribution in [2.24, 2.45) is 0 Å². The van der Waals surface area contributed by atoms with E-state index >= 15 is 0 Å². The average Bonchev–Trinajstić information content (AvgIpc) is 2.85. The highest BCUT2D eigenvalue weighted by atomic mass is 19.4. The summed E-state index contributed by atoms with van der Waals surface area (Å²) < 4.78 is 37.8. The molecule has 8 nitrogen and oxygen atoms in total. The lowest BCUT2D eigenvalue weighted by Crippen LogP contribution is -2.49. The Hall–Kier alpha value is -3.99. The lowest BCUT2D eigenvalue weighted by atomic mass is 10.1. The fourth-order valence-electron chi connectivity index (χ4n) is 4.25. The minimum absolute atomic E-state index is 0.384. The first kappa shape index (κ1) is 23.7. The van der Waals surface area contributed by atoms with E-state index in [1.165, 1.54) is 4.90 Å². The molecule has 0 spiro atoms. The highest BCUT2D eigenvalue weighted by Crippen LogP contribution is 2.26. The number of hydrogen-bond donors (Lipinski definition) is 2. The van der Waals surface area contributed by atoms with Crippen molar-refractivity contribution >= 4 is 39.7 Å². The van der Waals surface area contributed by atoms with Crippen molar-refractivity contribution in [1.82, 2.24) is 25.1 Å². The van der Waals surface area contributed by atoms with E-state index in [9.17, 15) is 13.2 Å². The van der Waals surface area contributed by atoms with Gasteiger partial charge in [0, 0.05) is 49.1 Å². The van der Waals surface area contributed by atoms with Gasteiger partial charge >= 0.3 is 6.18 Å². The monoisotopic (exact) mass is 494 g/mol. The van der Waals surface area contributed by atoms with Gasteiger partial charge in [-0.3, -0.25) is 4.90 Å². The number of benzene rings is 2. The maximum atomic E-state index is 12.6. The normalized spacial score (nSPS) is 14.7. The summed E-state index contributed by atoms with van der Waals surface area (Å²) in [6.45, 7) is 3.01. The molecule has 5 rings (SSSR count). The van der Waals surface area contributed by atoms with E-state index in [1.54, 1.807) is 18.5 Å². The number of aromatic nitrogens is 4. The number of hydrogen-bond acceptors (Lipinski definition) is 8. The van der Waals surface area contributed by atoms with Crippen molar-refractivity contribution in [2.75, 3.05) is 48.3 Å². The zero-order valence-electron chi connectivity index (χ0n) is 19.6. The first-order valence-electron chi connectivity index (χ1n) is 11.6. The third-order valence-electron chi connectivity index (χ3n) is 6.05. The largest absolute Gasteiger partial charge is 0.401 e. The van der Waals surface area contributed by atoms with Crippen LogP contribution >= 0.6 is 0 Å². The molecule has 2 N–H and O–H groups in total. The Bertz CT molecular complexity index is 1340. The number of nitrogens with zero attached hydrogens (tertiary/aromatic N) is 6. The van der Waals surface area contributed by atoms with Crippen molar-refractivity contribution in [3.63, 3.8) is 0 Å². The number of anilines is 5. The van der Waals surface area contributed by atoms with E-state index in [1.807, 2.05) is 49.4 Å². The van der Waals surface area contributed by atoms with Gasteiger partial charge < -0.3 is 15.5 Å². The van der Waals surface area contributed by atoms with Crippen molar-refractivity contribution in [3.8, 4) is 0 Å². The Morgan fingerprint density at radius 2 is 1.72 bits per heavy atom. The third kappa shape index (κ3) is 5.62. The molecule has 0 saturated carbocycles. The molecule has 1 aliphatic rings. The van der Waals surface area contributed by atoms with E-state index in [4.69, 9.17) is 0 Å². The summed E-state index contributed by atoms with van der Waals surface area (Å²) in [5.74, 6) is 1.03. The van der Waals surface area contributed by atoms with E-state index in [0.717, 1.165) is 33.5 Å². The van der Waals surface area contributed by atoms with Crippen LogP contribution in [0.3, 0.4) is 0 Å². The van der Waals surface area contributed by atoms with Gasteiger partial charge in [-0.1, -0.05) is 18.2 Å². The van der Waals surface area contributed by atoms with E-state index in [-0.39, 0.29) is 0 Å². The van der Waals surface area contributed by atoms with E-state index in [2.05, 4.69) is 35.7 Å². The van der Waals surface area contributed by atoms with Crippen LogP contribution in [0, 0.1) is 6.92 Å². The highest BCUT2D eigenvalue weighted by Gasteiger charge is 2.32. The maximum absolute atomic E-state index is 12.6. The van der Waals surface area contributed by atoms with Crippen LogP contribution < -0.4 is 15.5 Å². The summed E-state index contributed by atoms with van der Waals surface area (Å²) in [6, 6.07) is 15.4. The summed E-state index contributed by atoms with van der Waals surface area (Å²) in [5.41, 5.74) is 4.44. The molecule has 4 aromatic rings. The minimum atomic E-state index is -4.16. The molecule has 1 saturated heterocycles. The van der Waals surface area contributed by atoms with E-state index in [0.29, 0.717) is 37.9 Å². The predicted octanol–water partition coefficient (Wildman–Crippen LogP) is 4.90. The van der Waals surface area contributed by atoms with Crippen LogP contribution in [-0.2, 0) is 0 Å². The van der Waals surface area contributed by atoms with Crippen LogP contribution in [0.4, 0.5) is 42.0 Å². The predicted molar refractivity (Wildman–Crippen MR) is 134 cm³/mol. The molecule has 3 heterocycles. The molecule has 1 fully saturated rings. The molecular formula is C25H25F3N8. The maximum Gasteiger partial charge on any atom is 0.401 e. The second kappa shape index (κ2) is 9.94. The molecule has 0 unspecified atom stereocenters. The molecule has 1 aliphatic heterocycles. The summed E-state index contributed by atoms with van der Waals surface area (Å²) >= 11 is 0. The summed E-state index contributed by atoms with van der Waals surface area (Å²) in [6.07, 6.45) is -0.834. The number of aryl methyl sites for hydroxylation is 1. The van der Waals surface area contributed by atoms with Crippen LogP contribution in [0.1, 0.15) is 5.56 Å². The van der Waals surface area contributed by atoms with Crippen molar-refractivity contribution in [1.29, 1.82) is 0 Å². The Labute approximate surface area is 206 Å². The molecular weight excluding hydrogens is 469 g/mol. The lowest BCUT2D eigenvalue weighted by molar-refractivity contribution is -0.146. The van der Waals surface area contributed by atoms with Crippen LogP contribution in [0.15, 0.2) is 60.9 Å². The van der Waals surface area contributed by atoms with Crippen molar-refractivity contribution in [2.45, 2.75) is 13.1 Å². The Kier molecular flexibility index (Phi) is 6.55. The van der Waals surface area contributed by atoms with E-state index < -0.39 is 12.7 Å². The number of rotatable bonds is 6. The van der Waals surface area contributed by atoms with Gasteiger partial charge in [-0.2, -0.15) is 28.4 Å². The van der Waals surface area contributed by atoms with Gasteiger partial charge in [-0.15, -0.1) is 0 Å². The molecule has 0 radical (unpaired) electrons. The Balaban J connectivity index is 1.23. The van der Waals surface area contributed by atoms with Crippen molar-refractivity contribution in [3.05, 3.63) is 66.5 Å². The van der Waals surface area contributed by atoms with Gasteiger partial charge in [-0.05, 0) is 42.8 Å². The van der Waals surface area contributed by atoms with Crippen LogP contribution in [-0.4, -0.2) is 64.0 Å². The second-order valence-corrected chi connectivity index (χ2v) is 8.67. The fourth-order valence-corrected chi connectivity index (χ4v) is 4.25. The van der Waals surface area contributed by atoms with Gasteiger partial charge in [0.05, 0.1) is 23.9 Å². The molecule has 2 aromatic carbocycles. The highest BCUT2D eigenvalue weighted by molar-refractivity contribution is 5.93. The molecule has 0 amide bonds. The lowest BCUT2D eigenvalue weighted by Gasteiger charge is -2.36. The molecule has 0 bridgehead atoms. The summed E-state index contributed by atoms with van der Waals surface area (Å²) in [7, 11) is 0. The summed E-state index contributed by atoms with van der Waals surface area (Å²) in [4.78, 5) is 12.4. The first-order valence-corrected chi connectivity index (χ1v) is 11.6. The fraction of sp³-hybridized carbons (Fsp3) is 0.280. The second-order valence-electron chi connectivity index (χ2n) is 8.67. The molecule has 0 atom stereocenters. The number of fused-ring (bicyclic) bond motifs is 1. The molecule has 36 heavy (non-hydrogen) atoms. The van der Waals surface area contributed by atoms with Gasteiger partial charge in [0.15, 0.2) is 0 Å². The summed E-state index contributed by atoms with van der Waals surface area (Å²) in [5, 5.41) is 15.8. The Morgan fingerprint density at radius 1 is 0.944 bits per heavy atom. The molecule has 11 heteroatoms. The van der Waals surface area contributed by atoms with Gasteiger partial charge in [0.2, 0.25) is 5.95 Å². The third-order valence-corrected chi connectivity index (χ3v) is 6.05. The van der Waals surface area contributed by atoms with Gasteiger partial charge in [0.1, 0.15) is 5.82 Å². The molecule has 0 aliphatic carbocycles. The zero-order valence-corrected chi connectivity index (χ0v) is 19.6. The minimum Gasteiger partial charge on any atom is -0.369 e. The number of halogens is 3. The average molecular weight is 495 g/mol. The number of alkyl halides is 3. The van der Waals surface area contributed by atoms with Gasteiger partial charge in [0.25, 0.3) is 0 Å². The van der Waals surface area contributed by atoms with Crippen LogP contribution in [0.25, 0.3) is 10.9 Å². The van der Waals surface area contributed by atoms with Crippen LogP contribution in [0.2, 0.25) is 0 Å². The Morgan fingerprint density at radius 3 is 2.47 bits per heavy atom.